The molecule has 4 rings (SSSR count). The fraction of sp³-hybridized carbons (Fsp3) is 0.520. The van der Waals surface area contributed by atoms with Gasteiger partial charge in [0.2, 0.25) is 0 Å². The summed E-state index contributed by atoms with van der Waals surface area (Å²) in [5.74, 6) is 1.94. The van der Waals surface area contributed by atoms with E-state index in [9.17, 15) is 4.57 Å². The van der Waals surface area contributed by atoms with Gasteiger partial charge in [0.15, 0.2) is 0 Å². The molecule has 0 aliphatic heterocycles. The predicted molar refractivity (Wildman–Crippen MR) is 125 cm³/mol. The van der Waals surface area contributed by atoms with E-state index in [1.165, 1.54) is 35.1 Å². The molecule has 2 aliphatic carbocycles. The largest absolute Gasteiger partial charge is 0.497 e. The highest BCUT2D eigenvalue weighted by Crippen LogP contribution is 2.44. The number of benzene rings is 2. The molecule has 1 fully saturated rings. The molecule has 174 valence electrons. The van der Waals surface area contributed by atoms with E-state index >= 15 is 0 Å². The molecule has 6 nitrogen and oxygen atoms in total. The second-order valence-electron chi connectivity index (χ2n) is 9.59. The molecule has 0 heterocycles. The minimum Gasteiger partial charge on any atom is -0.497 e. The predicted octanol–water partition coefficient (Wildman–Crippen LogP) is 4.51. The minimum atomic E-state index is -4.49. The molecule has 2 aromatic rings. The van der Waals surface area contributed by atoms with Crippen LogP contribution in [0.2, 0.25) is 0 Å². The van der Waals surface area contributed by atoms with E-state index in [1.54, 1.807) is 7.11 Å². The highest BCUT2D eigenvalue weighted by Gasteiger charge is 2.38. The Balaban J connectivity index is 1.34. The van der Waals surface area contributed by atoms with Crippen molar-refractivity contribution < 1.29 is 23.6 Å². The van der Waals surface area contributed by atoms with Crippen LogP contribution in [0.5, 0.6) is 5.75 Å². The summed E-state index contributed by atoms with van der Waals surface area (Å²) in [5, 5.41) is 0. The molecule has 2 aliphatic rings. The molecule has 0 saturated heterocycles. The average Bonchev–Trinajstić information content (AvgIpc) is 3.18. The van der Waals surface area contributed by atoms with Gasteiger partial charge in [-0.05, 0) is 97.6 Å². The van der Waals surface area contributed by atoms with Crippen LogP contribution in [-0.4, -0.2) is 29.0 Å². The number of methoxy groups -OCH3 is 1. The highest BCUT2D eigenvalue weighted by molar-refractivity contribution is 7.46. The van der Waals surface area contributed by atoms with Crippen molar-refractivity contribution in [1.82, 2.24) is 0 Å². The number of phosphoric ester groups is 1. The first-order chi connectivity index (χ1) is 15.2. The summed E-state index contributed by atoms with van der Waals surface area (Å²) in [6.07, 6.45) is 8.02. The molecule has 3 atom stereocenters. The number of hydrogen-bond donors (Lipinski definition) is 3. The maximum absolute atomic E-state index is 11.0. The molecule has 1 unspecified atom stereocenters. The van der Waals surface area contributed by atoms with Crippen LogP contribution in [0, 0.1) is 5.92 Å². The van der Waals surface area contributed by atoms with Gasteiger partial charge in [0.05, 0.1) is 13.7 Å². The Kier molecular flexibility index (Phi) is 7.09. The smallest absolute Gasteiger partial charge is 0.469 e. The zero-order valence-electron chi connectivity index (χ0n) is 18.7. The van der Waals surface area contributed by atoms with Gasteiger partial charge < -0.3 is 20.3 Å². The van der Waals surface area contributed by atoms with E-state index in [2.05, 4.69) is 36.4 Å². The maximum Gasteiger partial charge on any atom is 0.469 e. The van der Waals surface area contributed by atoms with Crippen LogP contribution in [0.25, 0.3) is 0 Å². The highest BCUT2D eigenvalue weighted by atomic mass is 31.2. The number of rotatable bonds is 8. The molecule has 0 amide bonds. The van der Waals surface area contributed by atoms with Gasteiger partial charge in [-0.1, -0.05) is 30.3 Å². The first kappa shape index (κ1) is 23.5. The van der Waals surface area contributed by atoms with Crippen molar-refractivity contribution >= 4 is 7.82 Å². The first-order valence-electron chi connectivity index (χ1n) is 11.5. The zero-order valence-corrected chi connectivity index (χ0v) is 19.6. The average molecular weight is 460 g/mol. The van der Waals surface area contributed by atoms with Gasteiger partial charge in [-0.15, -0.1) is 0 Å². The third-order valence-corrected chi connectivity index (χ3v) is 7.64. The Labute approximate surface area is 190 Å². The number of ether oxygens (including phenoxy) is 1. The van der Waals surface area contributed by atoms with Crippen molar-refractivity contribution in [3.8, 4) is 5.75 Å². The van der Waals surface area contributed by atoms with Crippen molar-refractivity contribution in [2.45, 2.75) is 62.8 Å². The summed E-state index contributed by atoms with van der Waals surface area (Å²) >= 11 is 0. The standard InChI is InChI=1S/C25H34NO5P/c1-30-24-4-2-3-18(14-24)5-6-19-7-8-21-15-22(10-9-20(21)13-19)23-11-12-25(26,16-23)17-31-32(27,28)29/h2-4,9-10,14-15,19,23H,5-8,11-13,16-17,26H2,1H3,(H2,27,28,29)/t19?,23-,25-/m0/s1. The molecule has 32 heavy (non-hydrogen) atoms. The number of fused-ring (bicyclic) bond motifs is 1. The number of phosphoric acid groups is 1. The van der Waals surface area contributed by atoms with Gasteiger partial charge >= 0.3 is 7.82 Å². The number of hydrogen-bond acceptors (Lipinski definition) is 4. The molecule has 0 radical (unpaired) electrons. The quantitative estimate of drug-likeness (QED) is 0.502. The SMILES string of the molecule is COc1cccc(CCC2CCc3cc([C@H]4CC[C@@](N)(COP(=O)(O)O)C4)ccc3C2)c1. The van der Waals surface area contributed by atoms with E-state index in [0.717, 1.165) is 31.4 Å². The second kappa shape index (κ2) is 9.66. The first-order valence-corrected chi connectivity index (χ1v) is 13.0. The molecule has 4 N–H and O–H groups in total. The van der Waals surface area contributed by atoms with Crippen LogP contribution in [0.3, 0.4) is 0 Å². The lowest BCUT2D eigenvalue weighted by Gasteiger charge is -2.27. The lowest BCUT2D eigenvalue weighted by atomic mass is 9.79. The molecular weight excluding hydrogens is 425 g/mol. The van der Waals surface area contributed by atoms with Gasteiger partial charge in [-0.25, -0.2) is 4.57 Å². The molecule has 0 bridgehead atoms. The van der Waals surface area contributed by atoms with Gasteiger partial charge in [0.1, 0.15) is 5.75 Å². The summed E-state index contributed by atoms with van der Waals surface area (Å²) in [6, 6.07) is 15.2. The van der Waals surface area contributed by atoms with E-state index in [0.29, 0.717) is 24.7 Å². The molecule has 1 saturated carbocycles. The topological polar surface area (TPSA) is 102 Å². The summed E-state index contributed by atoms with van der Waals surface area (Å²) in [4.78, 5) is 18.0. The van der Waals surface area contributed by atoms with Crippen LogP contribution in [-0.2, 0) is 28.4 Å². The van der Waals surface area contributed by atoms with Crippen molar-refractivity contribution in [1.29, 1.82) is 0 Å². The van der Waals surface area contributed by atoms with E-state index < -0.39 is 13.4 Å². The fourth-order valence-electron chi connectivity index (χ4n) is 5.33. The maximum atomic E-state index is 11.0. The monoisotopic (exact) mass is 459 g/mol. The van der Waals surface area contributed by atoms with Crippen molar-refractivity contribution in [3.05, 3.63) is 64.7 Å². The van der Waals surface area contributed by atoms with Gasteiger partial charge in [-0.2, -0.15) is 0 Å². The normalized spacial score (nSPS) is 25.5. The van der Waals surface area contributed by atoms with Crippen molar-refractivity contribution in [2.24, 2.45) is 11.7 Å². The van der Waals surface area contributed by atoms with Crippen LogP contribution in [0.15, 0.2) is 42.5 Å². The lowest BCUT2D eigenvalue weighted by molar-refractivity contribution is 0.153. The molecule has 0 aromatic heterocycles. The minimum absolute atomic E-state index is 0.103. The van der Waals surface area contributed by atoms with Crippen molar-refractivity contribution in [3.63, 3.8) is 0 Å². The molecule has 7 heteroatoms. The van der Waals surface area contributed by atoms with Crippen LogP contribution in [0.4, 0.5) is 0 Å². The van der Waals surface area contributed by atoms with Gasteiger partial charge in [0.25, 0.3) is 0 Å². The third-order valence-electron chi connectivity index (χ3n) is 7.17. The van der Waals surface area contributed by atoms with Gasteiger partial charge in [0, 0.05) is 5.54 Å². The number of aryl methyl sites for hydroxylation is 2. The summed E-state index contributed by atoms with van der Waals surface area (Å²) < 4.78 is 21.1. The van der Waals surface area contributed by atoms with E-state index in [4.69, 9.17) is 24.8 Å². The van der Waals surface area contributed by atoms with Crippen LogP contribution in [0.1, 0.15) is 60.3 Å². The van der Waals surface area contributed by atoms with E-state index in [1.807, 2.05) is 6.07 Å². The second-order valence-corrected chi connectivity index (χ2v) is 10.8. The molecule has 0 spiro atoms. The number of nitrogens with two attached hydrogens (primary N) is 1. The zero-order chi connectivity index (χ0) is 22.8. The third kappa shape index (κ3) is 6.00. The molecular formula is C25H34NO5P. The van der Waals surface area contributed by atoms with Crippen LogP contribution < -0.4 is 10.5 Å². The van der Waals surface area contributed by atoms with E-state index in [-0.39, 0.29) is 6.61 Å². The summed E-state index contributed by atoms with van der Waals surface area (Å²) in [5.41, 5.74) is 11.2. The van der Waals surface area contributed by atoms with Crippen LogP contribution >= 0.6 is 7.82 Å². The van der Waals surface area contributed by atoms with Crippen molar-refractivity contribution in [2.75, 3.05) is 13.7 Å². The Morgan fingerprint density at radius 1 is 1.16 bits per heavy atom. The summed E-state index contributed by atoms with van der Waals surface area (Å²) in [7, 11) is -2.78. The fourth-order valence-corrected chi connectivity index (χ4v) is 5.76. The Bertz CT molecular complexity index is 990. The summed E-state index contributed by atoms with van der Waals surface area (Å²) in [6.45, 7) is -0.103. The Morgan fingerprint density at radius 2 is 2.00 bits per heavy atom. The lowest BCUT2D eigenvalue weighted by Crippen LogP contribution is -2.41. The Morgan fingerprint density at radius 3 is 2.78 bits per heavy atom. The molecule has 2 aromatic carbocycles. The van der Waals surface area contributed by atoms with Gasteiger partial charge in [-0.3, -0.25) is 4.52 Å². The Hall–Kier alpha value is -1.69.